The van der Waals surface area contributed by atoms with Crippen molar-refractivity contribution in [3.63, 3.8) is 0 Å². The Morgan fingerprint density at radius 2 is 1.64 bits per heavy atom. The minimum Gasteiger partial charge on any atom is -0.462 e. The molecule has 5 heteroatoms. The van der Waals surface area contributed by atoms with E-state index >= 15 is 0 Å². The number of carbonyl (C=O) groups excluding carboxylic acids is 1. The van der Waals surface area contributed by atoms with E-state index in [1.54, 1.807) is 0 Å². The number of benzene rings is 1. The molecule has 0 amide bonds. The summed E-state index contributed by atoms with van der Waals surface area (Å²) in [7, 11) is 8.10. The number of hydrogen-bond acceptors (Lipinski definition) is 3. The van der Waals surface area contributed by atoms with E-state index in [1.165, 1.54) is 5.56 Å². The van der Waals surface area contributed by atoms with Gasteiger partial charge in [-0.3, -0.25) is 0 Å². The second kappa shape index (κ2) is 10.7. The number of rotatable bonds is 8. The van der Waals surface area contributed by atoms with Gasteiger partial charge in [-0.1, -0.05) is 25.5 Å². The van der Waals surface area contributed by atoms with E-state index in [0.717, 1.165) is 31.6 Å². The molecule has 0 bridgehead atoms. The predicted molar refractivity (Wildman–Crippen MR) is 104 cm³/mol. The lowest BCUT2D eigenvalue weighted by atomic mass is 10.0. The van der Waals surface area contributed by atoms with E-state index in [9.17, 15) is 4.79 Å². The number of aliphatic imine (C=N–C) groups is 1. The zero-order valence-electron chi connectivity index (χ0n) is 16.6. The van der Waals surface area contributed by atoms with Gasteiger partial charge in [0.05, 0.1) is 18.2 Å². The molecular weight excluding hydrogens is 314 g/mol. The van der Waals surface area contributed by atoms with Crippen molar-refractivity contribution in [2.45, 2.75) is 45.6 Å². The fourth-order valence-electron chi connectivity index (χ4n) is 2.76. The monoisotopic (exact) mass is 347 g/mol. The minimum atomic E-state index is -0.260. The third-order valence-electron chi connectivity index (χ3n) is 3.95. The topological polar surface area (TPSA) is 45.1 Å². The molecule has 1 atom stereocenters. The maximum atomic E-state index is 11.7. The average molecular weight is 348 g/mol. The fraction of sp³-hybridized carbons (Fsp3) is 0.600. The molecule has 0 aliphatic heterocycles. The highest BCUT2D eigenvalue weighted by molar-refractivity contribution is 5.89. The molecule has 0 aliphatic carbocycles. The van der Waals surface area contributed by atoms with Gasteiger partial charge in [0.15, 0.2) is 5.96 Å². The van der Waals surface area contributed by atoms with Crippen LogP contribution in [0.3, 0.4) is 0 Å². The lowest BCUT2D eigenvalue weighted by molar-refractivity contribution is 0.0526. The van der Waals surface area contributed by atoms with Gasteiger partial charge in [0, 0.05) is 28.2 Å². The molecule has 1 aromatic carbocycles. The highest BCUT2D eigenvalue weighted by atomic mass is 16.5. The summed E-state index contributed by atoms with van der Waals surface area (Å²) in [6.07, 6.45) is 4.14. The van der Waals surface area contributed by atoms with Gasteiger partial charge in [-0.15, -0.1) is 0 Å². The zero-order valence-corrected chi connectivity index (χ0v) is 16.6. The Kier molecular flexibility index (Phi) is 9.03. The summed E-state index contributed by atoms with van der Waals surface area (Å²) < 4.78 is 5.02. The molecule has 140 valence electrons. The predicted octanol–water partition coefficient (Wildman–Crippen LogP) is 3.44. The van der Waals surface area contributed by atoms with Crippen LogP contribution in [-0.2, 0) is 11.2 Å². The van der Waals surface area contributed by atoms with Crippen molar-refractivity contribution in [2.24, 2.45) is 4.99 Å². The number of carbonyl (C=O) groups is 1. The molecule has 0 spiro atoms. The summed E-state index contributed by atoms with van der Waals surface area (Å²) in [5, 5.41) is 0. The molecule has 0 aliphatic rings. The maximum absolute atomic E-state index is 11.7. The van der Waals surface area contributed by atoms with E-state index in [1.807, 2.05) is 59.4 Å². The van der Waals surface area contributed by atoms with Crippen molar-refractivity contribution in [3.8, 4) is 0 Å². The molecule has 0 fully saturated rings. The highest BCUT2D eigenvalue weighted by Crippen LogP contribution is 2.14. The molecule has 0 N–H and O–H groups in total. The SMILES string of the molecule is CCCC(CCc1ccc(C(=O)OCC)cc1)N=C(N(C)C)N(C)C. The smallest absolute Gasteiger partial charge is 0.338 e. The molecule has 5 nitrogen and oxygen atoms in total. The first-order chi connectivity index (χ1) is 11.9. The van der Waals surface area contributed by atoms with Crippen LogP contribution in [-0.4, -0.2) is 62.6 Å². The lowest BCUT2D eigenvalue weighted by Crippen LogP contribution is -2.36. The molecule has 1 aromatic rings. The molecule has 0 radical (unpaired) electrons. The van der Waals surface area contributed by atoms with Crippen molar-refractivity contribution in [3.05, 3.63) is 35.4 Å². The van der Waals surface area contributed by atoms with E-state index in [4.69, 9.17) is 9.73 Å². The number of nitrogens with zero attached hydrogens (tertiary/aromatic N) is 3. The first kappa shape index (κ1) is 21.0. The first-order valence-electron chi connectivity index (χ1n) is 9.07. The van der Waals surface area contributed by atoms with Crippen LogP contribution in [0.2, 0.25) is 0 Å². The molecule has 0 aromatic heterocycles. The van der Waals surface area contributed by atoms with Crippen molar-refractivity contribution in [2.75, 3.05) is 34.8 Å². The quantitative estimate of drug-likeness (QED) is 0.410. The number of hydrogen-bond donors (Lipinski definition) is 0. The average Bonchev–Trinajstić information content (AvgIpc) is 2.57. The lowest BCUT2D eigenvalue weighted by Gasteiger charge is -2.25. The Hall–Kier alpha value is -2.04. The second-order valence-corrected chi connectivity index (χ2v) is 6.62. The highest BCUT2D eigenvalue weighted by Gasteiger charge is 2.12. The van der Waals surface area contributed by atoms with Crippen LogP contribution >= 0.6 is 0 Å². The summed E-state index contributed by atoms with van der Waals surface area (Å²) in [6, 6.07) is 8.01. The van der Waals surface area contributed by atoms with Crippen LogP contribution in [0.5, 0.6) is 0 Å². The molecule has 1 rings (SSSR count). The van der Waals surface area contributed by atoms with Crippen LogP contribution in [0.1, 0.15) is 49.0 Å². The van der Waals surface area contributed by atoms with E-state index in [2.05, 4.69) is 16.7 Å². The number of guanidine groups is 1. The number of ether oxygens (including phenoxy) is 1. The van der Waals surface area contributed by atoms with Gasteiger partial charge in [-0.2, -0.15) is 0 Å². The van der Waals surface area contributed by atoms with Gasteiger partial charge in [0.25, 0.3) is 0 Å². The molecule has 0 saturated carbocycles. The van der Waals surface area contributed by atoms with Crippen LogP contribution in [0.25, 0.3) is 0 Å². The number of esters is 1. The largest absolute Gasteiger partial charge is 0.462 e. The van der Waals surface area contributed by atoms with Crippen LogP contribution in [0.15, 0.2) is 29.3 Å². The van der Waals surface area contributed by atoms with Crippen LogP contribution < -0.4 is 0 Å². The van der Waals surface area contributed by atoms with Crippen molar-refractivity contribution < 1.29 is 9.53 Å². The van der Waals surface area contributed by atoms with Gasteiger partial charge in [0.1, 0.15) is 0 Å². The molecule has 0 heterocycles. The van der Waals surface area contributed by atoms with Crippen LogP contribution in [0.4, 0.5) is 0 Å². The van der Waals surface area contributed by atoms with Gasteiger partial charge in [-0.05, 0) is 43.9 Å². The Labute approximate surface area is 152 Å². The van der Waals surface area contributed by atoms with E-state index in [0.29, 0.717) is 18.2 Å². The molecule has 0 saturated heterocycles. The van der Waals surface area contributed by atoms with Crippen molar-refractivity contribution in [1.29, 1.82) is 0 Å². The summed E-state index contributed by atoms with van der Waals surface area (Å²) in [5.41, 5.74) is 1.83. The Bertz CT molecular complexity index is 541. The number of aryl methyl sites for hydroxylation is 1. The minimum absolute atomic E-state index is 0.260. The first-order valence-corrected chi connectivity index (χ1v) is 9.07. The fourth-order valence-corrected chi connectivity index (χ4v) is 2.76. The van der Waals surface area contributed by atoms with Crippen molar-refractivity contribution >= 4 is 11.9 Å². The third-order valence-corrected chi connectivity index (χ3v) is 3.95. The summed E-state index contributed by atoms with van der Waals surface area (Å²) in [5.74, 6) is 0.736. The molecule has 1 unspecified atom stereocenters. The van der Waals surface area contributed by atoms with E-state index in [-0.39, 0.29) is 5.97 Å². The summed E-state index contributed by atoms with van der Waals surface area (Å²) in [6.45, 7) is 4.41. The molecule has 25 heavy (non-hydrogen) atoms. The second-order valence-electron chi connectivity index (χ2n) is 6.62. The van der Waals surface area contributed by atoms with E-state index < -0.39 is 0 Å². The Morgan fingerprint density at radius 3 is 2.12 bits per heavy atom. The van der Waals surface area contributed by atoms with Gasteiger partial charge in [0.2, 0.25) is 0 Å². The van der Waals surface area contributed by atoms with Gasteiger partial charge >= 0.3 is 5.97 Å². The Balaban J connectivity index is 2.74. The van der Waals surface area contributed by atoms with Gasteiger partial charge in [-0.25, -0.2) is 9.79 Å². The molecular formula is C20H33N3O2. The Morgan fingerprint density at radius 1 is 1.04 bits per heavy atom. The zero-order chi connectivity index (χ0) is 18.8. The summed E-state index contributed by atoms with van der Waals surface area (Å²) >= 11 is 0. The van der Waals surface area contributed by atoms with Gasteiger partial charge < -0.3 is 14.5 Å². The standard InChI is InChI=1S/C20H33N3O2/c1-7-9-18(21-20(22(3)4)23(5)6)15-12-16-10-13-17(14-11-16)19(24)25-8-2/h10-11,13-14,18H,7-9,12,15H2,1-6H3. The third kappa shape index (κ3) is 7.16. The normalized spacial score (nSPS) is 11.6. The maximum Gasteiger partial charge on any atom is 0.338 e. The van der Waals surface area contributed by atoms with Crippen molar-refractivity contribution in [1.82, 2.24) is 9.80 Å². The summed E-state index contributed by atoms with van der Waals surface area (Å²) in [4.78, 5) is 20.8. The van der Waals surface area contributed by atoms with Crippen LogP contribution in [0, 0.1) is 0 Å².